The van der Waals surface area contributed by atoms with E-state index in [1.54, 1.807) is 0 Å². The maximum atomic E-state index is 12.8. The number of rotatable bonds is 6. The van der Waals surface area contributed by atoms with Gasteiger partial charge in [0.2, 0.25) is 0 Å². The highest BCUT2D eigenvalue weighted by atomic mass is 32.2. The molecule has 0 aromatic heterocycles. The fourth-order valence-corrected chi connectivity index (χ4v) is 1.51. The number of alkyl halides is 5. The van der Waals surface area contributed by atoms with Gasteiger partial charge in [0.15, 0.2) is 11.3 Å². The minimum absolute atomic E-state index is 0.196. The summed E-state index contributed by atoms with van der Waals surface area (Å²) >= 11 is 0.665. The van der Waals surface area contributed by atoms with Crippen molar-refractivity contribution in [2.24, 2.45) is 0 Å². The molecule has 0 aromatic rings. The first-order chi connectivity index (χ1) is 6.74. The first kappa shape index (κ1) is 14.7. The van der Waals surface area contributed by atoms with Crippen molar-refractivity contribution in [3.8, 4) is 0 Å². The van der Waals surface area contributed by atoms with Crippen LogP contribution >= 0.6 is 11.8 Å². The molecule has 7 heteroatoms. The van der Waals surface area contributed by atoms with E-state index in [-0.39, 0.29) is 10.9 Å². The molecule has 0 bridgehead atoms. The SMILES string of the molecule is CC(=O)SCCC(F)(F)CC(F)C(F)F. The van der Waals surface area contributed by atoms with Crippen molar-refractivity contribution in [1.29, 1.82) is 0 Å². The van der Waals surface area contributed by atoms with Crippen LogP contribution in [0.2, 0.25) is 0 Å². The average Bonchev–Trinajstić information content (AvgIpc) is 2.01. The van der Waals surface area contributed by atoms with E-state index in [4.69, 9.17) is 0 Å². The lowest BCUT2D eigenvalue weighted by Gasteiger charge is -2.17. The summed E-state index contributed by atoms with van der Waals surface area (Å²) in [5.41, 5.74) is 0. The van der Waals surface area contributed by atoms with Crippen LogP contribution in [0.3, 0.4) is 0 Å². The molecule has 0 aliphatic heterocycles. The monoisotopic (exact) mass is 250 g/mol. The molecular weight excluding hydrogens is 239 g/mol. The molecule has 90 valence electrons. The van der Waals surface area contributed by atoms with Gasteiger partial charge in [-0.25, -0.2) is 22.0 Å². The van der Waals surface area contributed by atoms with Crippen molar-refractivity contribution in [3.05, 3.63) is 0 Å². The Balaban J connectivity index is 3.90. The zero-order chi connectivity index (χ0) is 12.1. The number of thioether (sulfide) groups is 1. The molecule has 0 amide bonds. The van der Waals surface area contributed by atoms with E-state index in [0.717, 1.165) is 0 Å². The van der Waals surface area contributed by atoms with Gasteiger partial charge in [-0.2, -0.15) is 0 Å². The summed E-state index contributed by atoms with van der Waals surface area (Å²) in [5, 5.41) is -0.337. The Morgan fingerprint density at radius 1 is 1.33 bits per heavy atom. The second-order valence-electron chi connectivity index (χ2n) is 3.00. The lowest BCUT2D eigenvalue weighted by atomic mass is 10.1. The van der Waals surface area contributed by atoms with E-state index in [1.165, 1.54) is 6.92 Å². The van der Waals surface area contributed by atoms with Crippen LogP contribution in [0.5, 0.6) is 0 Å². The number of hydrogen-bond acceptors (Lipinski definition) is 2. The Hall–Kier alpha value is -0.330. The van der Waals surface area contributed by atoms with Crippen LogP contribution in [-0.4, -0.2) is 29.4 Å². The maximum absolute atomic E-state index is 12.8. The molecule has 0 radical (unpaired) electrons. The van der Waals surface area contributed by atoms with Crippen LogP contribution in [0.25, 0.3) is 0 Å². The zero-order valence-corrected chi connectivity index (χ0v) is 8.80. The molecule has 1 nitrogen and oxygen atoms in total. The molecule has 15 heavy (non-hydrogen) atoms. The third kappa shape index (κ3) is 7.58. The molecular formula is C8H11F5OS. The Bertz CT molecular complexity index is 209. The summed E-state index contributed by atoms with van der Waals surface area (Å²) in [5.74, 6) is -3.68. The minimum atomic E-state index is -3.49. The second-order valence-corrected chi connectivity index (χ2v) is 4.27. The van der Waals surface area contributed by atoms with E-state index in [0.29, 0.717) is 11.8 Å². The van der Waals surface area contributed by atoms with Crippen LogP contribution in [0.1, 0.15) is 19.8 Å². The predicted molar refractivity (Wildman–Crippen MR) is 48.2 cm³/mol. The van der Waals surface area contributed by atoms with Crippen molar-refractivity contribution in [1.82, 2.24) is 0 Å². The zero-order valence-electron chi connectivity index (χ0n) is 7.98. The third-order valence-corrected chi connectivity index (χ3v) is 2.35. The largest absolute Gasteiger partial charge is 0.288 e. The van der Waals surface area contributed by atoms with Gasteiger partial charge in [-0.3, -0.25) is 4.79 Å². The Morgan fingerprint density at radius 2 is 1.87 bits per heavy atom. The van der Waals surface area contributed by atoms with E-state index < -0.39 is 31.4 Å². The molecule has 0 aromatic carbocycles. The summed E-state index contributed by atoms with van der Waals surface area (Å²) in [7, 11) is 0. The van der Waals surface area contributed by atoms with E-state index in [9.17, 15) is 26.7 Å². The summed E-state index contributed by atoms with van der Waals surface area (Å²) < 4.78 is 61.2. The molecule has 1 unspecified atom stereocenters. The summed E-state index contributed by atoms with van der Waals surface area (Å²) in [6.07, 6.45) is -8.48. The van der Waals surface area contributed by atoms with Crippen LogP contribution < -0.4 is 0 Å². The van der Waals surface area contributed by atoms with Crippen molar-refractivity contribution < 1.29 is 26.7 Å². The lowest BCUT2D eigenvalue weighted by molar-refractivity contribution is -0.109. The van der Waals surface area contributed by atoms with Gasteiger partial charge in [0, 0.05) is 25.5 Å². The number of hydrogen-bond donors (Lipinski definition) is 0. The van der Waals surface area contributed by atoms with E-state index in [1.807, 2.05) is 0 Å². The van der Waals surface area contributed by atoms with Gasteiger partial charge in [0.1, 0.15) is 0 Å². The number of carbonyl (C=O) groups is 1. The highest BCUT2D eigenvalue weighted by molar-refractivity contribution is 8.13. The van der Waals surface area contributed by atoms with Crippen molar-refractivity contribution >= 4 is 16.9 Å². The molecule has 0 aliphatic carbocycles. The quantitative estimate of drug-likeness (QED) is 0.673. The first-order valence-electron chi connectivity index (χ1n) is 4.18. The molecule has 0 spiro atoms. The fraction of sp³-hybridized carbons (Fsp3) is 0.875. The molecule has 0 heterocycles. The fourth-order valence-electron chi connectivity index (χ4n) is 0.821. The van der Waals surface area contributed by atoms with Gasteiger partial charge < -0.3 is 0 Å². The molecule has 0 saturated heterocycles. The first-order valence-corrected chi connectivity index (χ1v) is 5.16. The van der Waals surface area contributed by atoms with Crippen molar-refractivity contribution in [2.45, 2.75) is 38.3 Å². The van der Waals surface area contributed by atoms with E-state index >= 15 is 0 Å². The predicted octanol–water partition coefficient (Wildman–Crippen LogP) is 3.28. The molecule has 1 atom stereocenters. The normalized spacial score (nSPS) is 14.3. The number of carbonyl (C=O) groups excluding carboxylic acids is 1. The standard InChI is InChI=1S/C8H11F5OS/c1-5(14)15-3-2-8(12,13)4-6(9)7(10)11/h6-7H,2-4H2,1H3. The van der Waals surface area contributed by atoms with Gasteiger partial charge in [-0.05, 0) is 0 Å². The van der Waals surface area contributed by atoms with Gasteiger partial charge in [0.25, 0.3) is 12.3 Å². The van der Waals surface area contributed by atoms with Gasteiger partial charge in [0.05, 0.1) is 0 Å². The summed E-state index contributed by atoms with van der Waals surface area (Å²) in [6, 6.07) is 0. The Labute approximate surface area is 88.4 Å². The second kappa shape index (κ2) is 6.30. The molecule has 0 saturated carbocycles. The average molecular weight is 250 g/mol. The van der Waals surface area contributed by atoms with Crippen LogP contribution in [0, 0.1) is 0 Å². The molecule has 0 aliphatic rings. The third-order valence-electron chi connectivity index (χ3n) is 1.54. The van der Waals surface area contributed by atoms with Crippen LogP contribution in [0.4, 0.5) is 22.0 Å². The lowest BCUT2D eigenvalue weighted by Crippen LogP contribution is -2.26. The van der Waals surface area contributed by atoms with Gasteiger partial charge in [-0.1, -0.05) is 11.8 Å². The molecule has 0 rings (SSSR count). The van der Waals surface area contributed by atoms with Crippen LogP contribution in [0.15, 0.2) is 0 Å². The van der Waals surface area contributed by atoms with E-state index in [2.05, 4.69) is 0 Å². The highest BCUT2D eigenvalue weighted by Crippen LogP contribution is 2.29. The van der Waals surface area contributed by atoms with Crippen molar-refractivity contribution in [2.75, 3.05) is 5.75 Å². The Kier molecular flexibility index (Phi) is 6.16. The maximum Gasteiger partial charge on any atom is 0.269 e. The number of halogens is 5. The minimum Gasteiger partial charge on any atom is -0.288 e. The molecule has 0 fully saturated rings. The summed E-state index contributed by atoms with van der Waals surface area (Å²) in [4.78, 5) is 10.4. The van der Waals surface area contributed by atoms with Crippen molar-refractivity contribution in [3.63, 3.8) is 0 Å². The Morgan fingerprint density at radius 3 is 2.27 bits per heavy atom. The van der Waals surface area contributed by atoms with Crippen LogP contribution in [-0.2, 0) is 4.79 Å². The van der Waals surface area contributed by atoms with Gasteiger partial charge in [-0.15, -0.1) is 0 Å². The summed E-state index contributed by atoms with van der Waals surface area (Å²) in [6.45, 7) is 1.21. The smallest absolute Gasteiger partial charge is 0.269 e. The van der Waals surface area contributed by atoms with Gasteiger partial charge >= 0.3 is 0 Å². The topological polar surface area (TPSA) is 17.1 Å². The highest BCUT2D eigenvalue weighted by Gasteiger charge is 2.36. The molecule has 0 N–H and O–H groups in total.